The van der Waals surface area contributed by atoms with Crippen LogP contribution in [0.4, 0.5) is 0 Å². The lowest BCUT2D eigenvalue weighted by Crippen LogP contribution is -2.15. The molecule has 0 amide bonds. The van der Waals surface area contributed by atoms with Crippen molar-refractivity contribution < 1.29 is 14.3 Å². The largest absolute Gasteiger partial charge is 0.486 e. The Kier molecular flexibility index (Phi) is 4.60. The van der Waals surface area contributed by atoms with Crippen LogP contribution in [-0.2, 0) is 0 Å². The summed E-state index contributed by atoms with van der Waals surface area (Å²) in [6.45, 7) is 3.02. The minimum absolute atomic E-state index is 0.0578. The van der Waals surface area contributed by atoms with E-state index >= 15 is 0 Å². The van der Waals surface area contributed by atoms with Gasteiger partial charge in [-0.3, -0.25) is 4.79 Å². The predicted octanol–water partition coefficient (Wildman–Crippen LogP) is 4.47. The Morgan fingerprint density at radius 3 is 2.68 bits per heavy atom. The van der Waals surface area contributed by atoms with Crippen molar-refractivity contribution in [1.82, 2.24) is 0 Å². The Morgan fingerprint density at radius 1 is 1.14 bits per heavy atom. The molecule has 0 saturated heterocycles. The van der Waals surface area contributed by atoms with Crippen molar-refractivity contribution in [3.05, 3.63) is 53.1 Å². The second-order valence-corrected chi connectivity index (χ2v) is 6.79. The van der Waals surface area contributed by atoms with Crippen LogP contribution in [0.25, 0.3) is 0 Å². The topological polar surface area (TPSA) is 35.5 Å². The summed E-state index contributed by atoms with van der Waals surface area (Å²) in [5.74, 6) is 1.55. The summed E-state index contributed by atoms with van der Waals surface area (Å²) in [7, 11) is 0. The zero-order chi connectivity index (χ0) is 15.5. The van der Waals surface area contributed by atoms with Crippen LogP contribution in [0.2, 0.25) is 5.02 Å². The van der Waals surface area contributed by atoms with Crippen LogP contribution in [0, 0.1) is 0 Å². The number of carbonyl (C=O) groups excluding carboxylic acids is 1. The maximum atomic E-state index is 12.5. The lowest BCUT2D eigenvalue weighted by Gasteiger charge is -2.19. The number of ether oxygens (including phenoxy) is 2. The second-order valence-electron chi connectivity index (χ2n) is 4.94. The van der Waals surface area contributed by atoms with Gasteiger partial charge in [0.15, 0.2) is 17.3 Å². The molecule has 0 radical (unpaired) electrons. The van der Waals surface area contributed by atoms with Crippen LogP contribution in [-0.4, -0.2) is 24.2 Å². The lowest BCUT2D eigenvalue weighted by atomic mass is 10.1. The number of halogens is 1. The molecule has 2 aromatic rings. The fraction of sp³-hybridized carbons (Fsp3) is 0.235. The van der Waals surface area contributed by atoms with Gasteiger partial charge in [-0.05, 0) is 37.3 Å². The van der Waals surface area contributed by atoms with E-state index in [1.54, 1.807) is 24.3 Å². The number of benzene rings is 2. The van der Waals surface area contributed by atoms with Gasteiger partial charge in [-0.25, -0.2) is 0 Å². The fourth-order valence-corrected chi connectivity index (χ4v) is 3.39. The molecule has 3 rings (SSSR count). The first-order chi connectivity index (χ1) is 10.6. The van der Waals surface area contributed by atoms with E-state index in [0.717, 1.165) is 16.4 Å². The average molecular weight is 335 g/mol. The fourth-order valence-electron chi connectivity index (χ4n) is 2.23. The molecule has 114 valence electrons. The van der Waals surface area contributed by atoms with Crippen molar-refractivity contribution in [3.8, 4) is 11.5 Å². The van der Waals surface area contributed by atoms with Gasteiger partial charge in [-0.1, -0.05) is 23.7 Å². The Labute approximate surface area is 138 Å². The molecule has 5 heteroatoms. The molecule has 0 N–H and O–H groups in total. The highest BCUT2D eigenvalue weighted by molar-refractivity contribution is 8.00. The van der Waals surface area contributed by atoms with E-state index in [-0.39, 0.29) is 11.0 Å². The first-order valence-electron chi connectivity index (χ1n) is 6.99. The van der Waals surface area contributed by atoms with E-state index in [4.69, 9.17) is 21.1 Å². The van der Waals surface area contributed by atoms with E-state index < -0.39 is 0 Å². The summed E-state index contributed by atoms with van der Waals surface area (Å²) in [6.07, 6.45) is 0. The third-order valence-electron chi connectivity index (χ3n) is 3.30. The summed E-state index contributed by atoms with van der Waals surface area (Å²) < 4.78 is 11.1. The molecule has 2 aromatic carbocycles. The van der Waals surface area contributed by atoms with Crippen LogP contribution in [0.3, 0.4) is 0 Å². The first-order valence-corrected chi connectivity index (χ1v) is 8.25. The molecule has 1 aliphatic rings. The molecule has 0 saturated carbocycles. The molecule has 0 aliphatic carbocycles. The normalized spacial score (nSPS) is 14.5. The predicted molar refractivity (Wildman–Crippen MR) is 88.5 cm³/mol. The maximum absolute atomic E-state index is 12.5. The van der Waals surface area contributed by atoms with Crippen molar-refractivity contribution in [2.24, 2.45) is 0 Å². The summed E-state index contributed by atoms with van der Waals surface area (Å²) in [4.78, 5) is 13.4. The highest BCUT2D eigenvalue weighted by Gasteiger charge is 2.18. The van der Waals surface area contributed by atoms with Gasteiger partial charge >= 0.3 is 0 Å². The Hall–Kier alpha value is -1.65. The third-order valence-corrected chi connectivity index (χ3v) is 4.63. The van der Waals surface area contributed by atoms with Crippen molar-refractivity contribution >= 4 is 29.1 Å². The first kappa shape index (κ1) is 15.3. The molecule has 0 unspecified atom stereocenters. The Balaban J connectivity index is 1.73. The quantitative estimate of drug-likeness (QED) is 0.610. The Morgan fingerprint density at radius 2 is 1.91 bits per heavy atom. The number of thioether (sulfide) groups is 1. The molecule has 3 nitrogen and oxygen atoms in total. The van der Waals surface area contributed by atoms with Gasteiger partial charge in [0.05, 0.1) is 5.25 Å². The lowest BCUT2D eigenvalue weighted by molar-refractivity contribution is 0.0994. The monoisotopic (exact) mass is 334 g/mol. The summed E-state index contributed by atoms with van der Waals surface area (Å²) in [5, 5.41) is 0.364. The van der Waals surface area contributed by atoms with Crippen molar-refractivity contribution in [2.75, 3.05) is 13.2 Å². The number of carbonyl (C=O) groups is 1. The second kappa shape index (κ2) is 6.63. The van der Waals surface area contributed by atoms with Gasteiger partial charge < -0.3 is 9.47 Å². The highest BCUT2D eigenvalue weighted by Crippen LogP contribution is 2.36. The minimum atomic E-state index is -0.207. The zero-order valence-electron chi connectivity index (χ0n) is 12.0. The summed E-state index contributed by atoms with van der Waals surface area (Å²) >= 11 is 7.44. The van der Waals surface area contributed by atoms with Crippen LogP contribution in [0.1, 0.15) is 17.3 Å². The van der Waals surface area contributed by atoms with E-state index in [0.29, 0.717) is 23.8 Å². The average Bonchev–Trinajstić information content (AvgIpc) is 2.54. The van der Waals surface area contributed by atoms with Gasteiger partial charge in [0.1, 0.15) is 13.2 Å². The van der Waals surface area contributed by atoms with Gasteiger partial charge in [0, 0.05) is 15.5 Å². The SMILES string of the molecule is C[C@@H](Sc1ccc2c(c1)OCCO2)C(=O)c1cccc(Cl)c1. The van der Waals surface area contributed by atoms with Gasteiger partial charge in [-0.2, -0.15) is 0 Å². The van der Waals surface area contributed by atoms with E-state index in [9.17, 15) is 4.79 Å². The number of hydrogen-bond acceptors (Lipinski definition) is 4. The van der Waals surface area contributed by atoms with Gasteiger partial charge in [0.25, 0.3) is 0 Å². The summed E-state index contributed by atoms with van der Waals surface area (Å²) in [6, 6.07) is 12.8. The molecular formula is C17H15ClO3S. The highest BCUT2D eigenvalue weighted by atomic mass is 35.5. The molecule has 1 aliphatic heterocycles. The molecule has 0 aromatic heterocycles. The summed E-state index contributed by atoms with van der Waals surface area (Å²) in [5.41, 5.74) is 0.630. The van der Waals surface area contributed by atoms with Crippen LogP contribution in [0.15, 0.2) is 47.4 Å². The van der Waals surface area contributed by atoms with Crippen LogP contribution in [0.5, 0.6) is 11.5 Å². The molecule has 22 heavy (non-hydrogen) atoms. The van der Waals surface area contributed by atoms with Crippen LogP contribution >= 0.6 is 23.4 Å². The molecule has 0 fully saturated rings. The van der Waals surface area contributed by atoms with E-state index in [1.807, 2.05) is 25.1 Å². The maximum Gasteiger partial charge on any atom is 0.175 e. The van der Waals surface area contributed by atoms with E-state index in [2.05, 4.69) is 0 Å². The standard InChI is InChI=1S/C17H15ClO3S/c1-11(17(19)12-3-2-4-13(18)9-12)22-14-5-6-15-16(10-14)21-8-7-20-15/h2-6,9-11H,7-8H2,1H3/t11-/m1/s1. The van der Waals surface area contributed by atoms with Crippen molar-refractivity contribution in [1.29, 1.82) is 0 Å². The Bertz CT molecular complexity index is 702. The van der Waals surface area contributed by atoms with Gasteiger partial charge in [0.2, 0.25) is 0 Å². The third kappa shape index (κ3) is 3.39. The molecule has 1 atom stereocenters. The number of ketones is 1. The minimum Gasteiger partial charge on any atom is -0.486 e. The number of rotatable bonds is 4. The molecule has 0 bridgehead atoms. The van der Waals surface area contributed by atoms with Crippen molar-refractivity contribution in [3.63, 3.8) is 0 Å². The van der Waals surface area contributed by atoms with Crippen molar-refractivity contribution in [2.45, 2.75) is 17.1 Å². The number of Topliss-reactive ketones (excluding diaryl/α,β-unsaturated/α-hetero) is 1. The number of fused-ring (bicyclic) bond motifs is 1. The molecule has 0 spiro atoms. The smallest absolute Gasteiger partial charge is 0.175 e. The number of hydrogen-bond donors (Lipinski definition) is 0. The van der Waals surface area contributed by atoms with E-state index in [1.165, 1.54) is 11.8 Å². The van der Waals surface area contributed by atoms with Gasteiger partial charge in [-0.15, -0.1) is 11.8 Å². The molecular weight excluding hydrogens is 320 g/mol. The molecule has 1 heterocycles. The van der Waals surface area contributed by atoms with Crippen LogP contribution < -0.4 is 9.47 Å². The zero-order valence-corrected chi connectivity index (χ0v) is 13.6.